The molecule has 1 saturated heterocycles. The van der Waals surface area contributed by atoms with E-state index in [9.17, 15) is 4.79 Å². The lowest BCUT2D eigenvalue weighted by molar-refractivity contribution is -0.116. The first-order valence-electron chi connectivity index (χ1n) is 8.54. The standard InChI is InChI=1S/C20H25N3O/c1-16(24)22(2)20-10-6-7-18(15-20)21-17-11-13-23(14-12-17)19-8-4-3-5-9-19/h3-10,15,17,21H,11-14H2,1-2H3. The van der Waals surface area contributed by atoms with Crippen molar-refractivity contribution in [3.8, 4) is 0 Å². The Kier molecular flexibility index (Phi) is 5.04. The quantitative estimate of drug-likeness (QED) is 0.931. The first kappa shape index (κ1) is 16.4. The zero-order chi connectivity index (χ0) is 16.9. The predicted octanol–water partition coefficient (Wildman–Crippen LogP) is 3.75. The van der Waals surface area contributed by atoms with Crippen molar-refractivity contribution in [1.82, 2.24) is 0 Å². The molecule has 1 fully saturated rings. The molecule has 126 valence electrons. The third-order valence-electron chi connectivity index (χ3n) is 4.69. The largest absolute Gasteiger partial charge is 0.382 e. The van der Waals surface area contributed by atoms with Crippen molar-refractivity contribution in [2.45, 2.75) is 25.8 Å². The fourth-order valence-electron chi connectivity index (χ4n) is 3.14. The molecule has 1 heterocycles. The summed E-state index contributed by atoms with van der Waals surface area (Å²) in [5.74, 6) is 0.0447. The monoisotopic (exact) mass is 323 g/mol. The van der Waals surface area contributed by atoms with Crippen LogP contribution in [0.3, 0.4) is 0 Å². The normalized spacial score (nSPS) is 15.2. The molecule has 0 aromatic heterocycles. The van der Waals surface area contributed by atoms with Crippen LogP contribution in [-0.2, 0) is 4.79 Å². The van der Waals surface area contributed by atoms with Gasteiger partial charge in [-0.1, -0.05) is 24.3 Å². The molecule has 1 amide bonds. The Balaban J connectivity index is 1.58. The molecule has 4 heteroatoms. The minimum atomic E-state index is 0.0447. The molecule has 0 aliphatic carbocycles. The molecule has 2 aromatic carbocycles. The first-order chi connectivity index (χ1) is 11.6. The Morgan fingerprint density at radius 1 is 1.08 bits per heavy atom. The average Bonchev–Trinajstić information content (AvgIpc) is 2.62. The minimum absolute atomic E-state index is 0.0447. The molecule has 2 aromatic rings. The molecule has 1 N–H and O–H groups in total. The summed E-state index contributed by atoms with van der Waals surface area (Å²) in [6.07, 6.45) is 2.23. The highest BCUT2D eigenvalue weighted by Gasteiger charge is 2.19. The van der Waals surface area contributed by atoms with Crippen molar-refractivity contribution in [3.63, 3.8) is 0 Å². The van der Waals surface area contributed by atoms with Crippen LogP contribution >= 0.6 is 0 Å². The highest BCUT2D eigenvalue weighted by atomic mass is 16.2. The number of benzene rings is 2. The zero-order valence-electron chi connectivity index (χ0n) is 14.4. The maximum Gasteiger partial charge on any atom is 0.223 e. The van der Waals surface area contributed by atoms with Gasteiger partial charge in [0.25, 0.3) is 0 Å². The van der Waals surface area contributed by atoms with Crippen LogP contribution in [0.2, 0.25) is 0 Å². The smallest absolute Gasteiger partial charge is 0.223 e. The van der Waals surface area contributed by atoms with Crippen LogP contribution in [-0.4, -0.2) is 32.1 Å². The molecule has 0 bridgehead atoms. The lowest BCUT2D eigenvalue weighted by Gasteiger charge is -2.34. The van der Waals surface area contributed by atoms with Crippen LogP contribution in [0.4, 0.5) is 17.1 Å². The lowest BCUT2D eigenvalue weighted by Crippen LogP contribution is -2.39. The van der Waals surface area contributed by atoms with E-state index in [-0.39, 0.29) is 5.91 Å². The summed E-state index contributed by atoms with van der Waals surface area (Å²) in [4.78, 5) is 15.6. The van der Waals surface area contributed by atoms with E-state index in [2.05, 4.69) is 46.6 Å². The second-order valence-electron chi connectivity index (χ2n) is 6.37. The van der Waals surface area contributed by atoms with Gasteiger partial charge in [-0.3, -0.25) is 4.79 Å². The van der Waals surface area contributed by atoms with Gasteiger partial charge < -0.3 is 15.1 Å². The highest BCUT2D eigenvalue weighted by Crippen LogP contribution is 2.24. The second-order valence-corrected chi connectivity index (χ2v) is 6.37. The molecule has 0 atom stereocenters. The third kappa shape index (κ3) is 3.88. The van der Waals surface area contributed by atoms with Crippen LogP contribution in [0.5, 0.6) is 0 Å². The van der Waals surface area contributed by atoms with Gasteiger partial charge in [-0.15, -0.1) is 0 Å². The lowest BCUT2D eigenvalue weighted by atomic mass is 10.0. The number of carbonyl (C=O) groups excluding carboxylic acids is 1. The van der Waals surface area contributed by atoms with Gasteiger partial charge in [-0.2, -0.15) is 0 Å². The van der Waals surface area contributed by atoms with Crippen molar-refractivity contribution in [3.05, 3.63) is 54.6 Å². The fourth-order valence-corrected chi connectivity index (χ4v) is 3.14. The second kappa shape index (κ2) is 7.39. The van der Waals surface area contributed by atoms with Crippen molar-refractivity contribution in [2.24, 2.45) is 0 Å². The van der Waals surface area contributed by atoms with Gasteiger partial charge in [0.2, 0.25) is 5.91 Å². The predicted molar refractivity (Wildman–Crippen MR) is 101 cm³/mol. The Morgan fingerprint density at radius 2 is 1.79 bits per heavy atom. The number of rotatable bonds is 4. The summed E-state index contributed by atoms with van der Waals surface area (Å²) < 4.78 is 0. The number of hydrogen-bond donors (Lipinski definition) is 1. The SMILES string of the molecule is CC(=O)N(C)c1cccc(NC2CCN(c3ccccc3)CC2)c1. The minimum Gasteiger partial charge on any atom is -0.382 e. The van der Waals surface area contributed by atoms with Crippen molar-refractivity contribution in [2.75, 3.05) is 35.3 Å². The highest BCUT2D eigenvalue weighted by molar-refractivity contribution is 5.91. The summed E-state index contributed by atoms with van der Waals surface area (Å²) in [6.45, 7) is 3.71. The Labute approximate surface area is 144 Å². The molecule has 0 radical (unpaired) electrons. The fraction of sp³-hybridized carbons (Fsp3) is 0.350. The first-order valence-corrected chi connectivity index (χ1v) is 8.54. The average molecular weight is 323 g/mol. The van der Waals surface area contributed by atoms with E-state index in [1.807, 2.05) is 18.2 Å². The molecule has 0 saturated carbocycles. The van der Waals surface area contributed by atoms with Crippen molar-refractivity contribution < 1.29 is 4.79 Å². The molecule has 3 rings (SSSR count). The molecular weight excluding hydrogens is 298 g/mol. The molecule has 1 aliphatic heterocycles. The molecule has 1 aliphatic rings. The Hall–Kier alpha value is -2.49. The number of amides is 1. The van der Waals surface area contributed by atoms with Crippen molar-refractivity contribution >= 4 is 23.0 Å². The number of piperidine rings is 1. The van der Waals surface area contributed by atoms with Gasteiger partial charge >= 0.3 is 0 Å². The maximum absolute atomic E-state index is 11.5. The van der Waals surface area contributed by atoms with Crippen LogP contribution in [0.1, 0.15) is 19.8 Å². The van der Waals surface area contributed by atoms with E-state index >= 15 is 0 Å². The summed E-state index contributed by atoms with van der Waals surface area (Å²) >= 11 is 0. The van der Waals surface area contributed by atoms with Crippen LogP contribution in [0.15, 0.2) is 54.6 Å². The van der Waals surface area contributed by atoms with Gasteiger partial charge in [0.1, 0.15) is 0 Å². The number of carbonyl (C=O) groups is 1. The van der Waals surface area contributed by atoms with Gasteiger partial charge in [0, 0.05) is 50.2 Å². The number of anilines is 3. The molecule has 4 nitrogen and oxygen atoms in total. The van der Waals surface area contributed by atoms with E-state index in [1.165, 1.54) is 5.69 Å². The van der Waals surface area contributed by atoms with Gasteiger partial charge in [-0.25, -0.2) is 0 Å². The summed E-state index contributed by atoms with van der Waals surface area (Å²) in [5.41, 5.74) is 3.31. The topological polar surface area (TPSA) is 35.6 Å². The number of nitrogens with one attached hydrogen (secondary N) is 1. The van der Waals surface area contributed by atoms with E-state index in [1.54, 1.807) is 18.9 Å². The van der Waals surface area contributed by atoms with Gasteiger partial charge in [-0.05, 0) is 43.2 Å². The third-order valence-corrected chi connectivity index (χ3v) is 4.69. The number of nitrogens with zero attached hydrogens (tertiary/aromatic N) is 2. The molecule has 0 spiro atoms. The summed E-state index contributed by atoms with van der Waals surface area (Å²) in [6, 6.07) is 19.1. The van der Waals surface area contributed by atoms with Gasteiger partial charge in [0.15, 0.2) is 0 Å². The zero-order valence-corrected chi connectivity index (χ0v) is 14.4. The van der Waals surface area contributed by atoms with E-state index in [4.69, 9.17) is 0 Å². The maximum atomic E-state index is 11.5. The Morgan fingerprint density at radius 3 is 2.46 bits per heavy atom. The summed E-state index contributed by atoms with van der Waals surface area (Å²) in [5, 5.41) is 3.62. The van der Waals surface area contributed by atoms with Crippen molar-refractivity contribution in [1.29, 1.82) is 0 Å². The van der Waals surface area contributed by atoms with E-state index in [0.29, 0.717) is 6.04 Å². The molecule has 24 heavy (non-hydrogen) atoms. The molecule has 0 unspecified atom stereocenters. The number of hydrogen-bond acceptors (Lipinski definition) is 3. The summed E-state index contributed by atoms with van der Waals surface area (Å²) in [7, 11) is 1.81. The Bertz CT molecular complexity index is 678. The van der Waals surface area contributed by atoms with Crippen LogP contribution in [0, 0.1) is 0 Å². The van der Waals surface area contributed by atoms with E-state index in [0.717, 1.165) is 37.3 Å². The van der Waals surface area contributed by atoms with Gasteiger partial charge in [0.05, 0.1) is 0 Å². The van der Waals surface area contributed by atoms with Crippen LogP contribution < -0.4 is 15.1 Å². The van der Waals surface area contributed by atoms with Crippen LogP contribution in [0.25, 0.3) is 0 Å². The van der Waals surface area contributed by atoms with E-state index < -0.39 is 0 Å². The molecular formula is C20H25N3O. The number of para-hydroxylation sites is 1.